The Morgan fingerprint density at radius 2 is 1.83 bits per heavy atom. The minimum atomic E-state index is -1.01. The average Bonchev–Trinajstić information content (AvgIpc) is 2.94. The van der Waals surface area contributed by atoms with E-state index in [1.807, 2.05) is 52.5 Å². The van der Waals surface area contributed by atoms with Crippen LogP contribution in [0.25, 0.3) is 27.7 Å². The molecule has 4 aromatic rings. The summed E-state index contributed by atoms with van der Waals surface area (Å²) in [7, 11) is 0. The number of amides is 1. The first-order valence-corrected chi connectivity index (χ1v) is 13.9. The number of benzene rings is 2. The molecular weight excluding hydrogens is 535 g/mol. The molecule has 1 saturated heterocycles. The van der Waals surface area contributed by atoms with Crippen LogP contribution in [0.2, 0.25) is 0 Å². The molecule has 3 heterocycles. The summed E-state index contributed by atoms with van der Waals surface area (Å²) in [5.41, 5.74) is 3.71. The predicted octanol–water partition coefficient (Wildman–Crippen LogP) is 5.78. The van der Waals surface area contributed by atoms with Gasteiger partial charge in [-0.1, -0.05) is 25.5 Å². The number of carbonyl (C=O) groups is 1. The number of rotatable bonds is 4. The van der Waals surface area contributed by atoms with Gasteiger partial charge in [-0.05, 0) is 69.5 Å². The van der Waals surface area contributed by atoms with E-state index in [1.165, 1.54) is 15.5 Å². The molecule has 216 valence electrons. The summed E-state index contributed by atoms with van der Waals surface area (Å²) in [5.74, 6) is -0.137. The number of aromatic nitrogens is 3. The smallest absolute Gasteiger partial charge is 0.407 e. The second-order valence-corrected chi connectivity index (χ2v) is 11.4. The summed E-state index contributed by atoms with van der Waals surface area (Å²) >= 11 is 0. The lowest BCUT2D eigenvalue weighted by atomic mass is 9.95. The van der Waals surface area contributed by atoms with Gasteiger partial charge in [0.2, 0.25) is 0 Å². The van der Waals surface area contributed by atoms with Crippen LogP contribution in [0.1, 0.15) is 56.0 Å². The molecule has 0 saturated carbocycles. The second-order valence-electron chi connectivity index (χ2n) is 11.4. The van der Waals surface area contributed by atoms with Gasteiger partial charge in [0.25, 0.3) is 0 Å². The summed E-state index contributed by atoms with van der Waals surface area (Å²) in [6, 6.07) is 11.5. The Morgan fingerprint density at radius 1 is 1.10 bits per heavy atom. The number of halogens is 1. The summed E-state index contributed by atoms with van der Waals surface area (Å²) in [6.07, 6.45) is 0.697. The molecule has 5 rings (SSSR count). The monoisotopic (exact) mass is 568 g/mol. The Bertz CT molecular complexity index is 1830. The zero-order valence-electron chi connectivity index (χ0n) is 24.5. The third kappa shape index (κ3) is 4.85. The number of nitriles is 1. The van der Waals surface area contributed by atoms with Crippen molar-refractivity contribution in [2.24, 2.45) is 0 Å². The molecule has 1 N–H and O–H groups in total. The van der Waals surface area contributed by atoms with E-state index in [0.29, 0.717) is 40.2 Å². The van der Waals surface area contributed by atoms with E-state index in [1.54, 1.807) is 30.5 Å². The van der Waals surface area contributed by atoms with Crippen LogP contribution in [-0.2, 0) is 0 Å². The number of pyridine rings is 1. The van der Waals surface area contributed by atoms with Gasteiger partial charge in [-0.25, -0.2) is 14.0 Å². The van der Waals surface area contributed by atoms with Gasteiger partial charge in [-0.2, -0.15) is 10.2 Å². The van der Waals surface area contributed by atoms with Crippen LogP contribution in [0.15, 0.2) is 47.4 Å². The second kappa shape index (κ2) is 10.9. The van der Waals surface area contributed by atoms with E-state index < -0.39 is 17.6 Å². The van der Waals surface area contributed by atoms with E-state index in [0.717, 1.165) is 11.1 Å². The van der Waals surface area contributed by atoms with Crippen molar-refractivity contribution in [1.29, 1.82) is 5.26 Å². The summed E-state index contributed by atoms with van der Waals surface area (Å²) in [5, 5.41) is 20.4. The van der Waals surface area contributed by atoms with Crippen LogP contribution in [0.3, 0.4) is 0 Å². The maximum atomic E-state index is 15.2. The molecule has 10 heteroatoms. The molecule has 0 bridgehead atoms. The number of nitrogens with zero attached hydrogens (tertiary/aromatic N) is 6. The minimum Gasteiger partial charge on any atom is -0.465 e. The first-order valence-electron chi connectivity index (χ1n) is 13.9. The fourth-order valence-electron chi connectivity index (χ4n) is 5.83. The lowest BCUT2D eigenvalue weighted by Crippen LogP contribution is -2.58. The zero-order valence-corrected chi connectivity index (χ0v) is 24.5. The molecule has 1 aliphatic rings. The fourth-order valence-corrected chi connectivity index (χ4v) is 5.83. The quantitative estimate of drug-likeness (QED) is 0.332. The van der Waals surface area contributed by atoms with E-state index in [-0.39, 0.29) is 35.7 Å². The van der Waals surface area contributed by atoms with Gasteiger partial charge in [-0.15, -0.1) is 0 Å². The van der Waals surface area contributed by atoms with Crippen LogP contribution in [-0.4, -0.2) is 55.8 Å². The minimum absolute atomic E-state index is 0.0152. The van der Waals surface area contributed by atoms with Crippen LogP contribution >= 0.6 is 0 Å². The van der Waals surface area contributed by atoms with Crippen molar-refractivity contribution in [3.05, 3.63) is 81.3 Å². The van der Waals surface area contributed by atoms with Gasteiger partial charge in [0.1, 0.15) is 11.6 Å². The number of anilines is 1. The fraction of sp³-hybridized carbons (Fsp3) is 0.344. The molecule has 0 unspecified atom stereocenters. The van der Waals surface area contributed by atoms with E-state index in [2.05, 4.69) is 16.0 Å². The Labute approximate surface area is 243 Å². The number of piperazine rings is 1. The lowest BCUT2D eigenvalue weighted by molar-refractivity contribution is 0.114. The molecule has 1 fully saturated rings. The summed E-state index contributed by atoms with van der Waals surface area (Å²) in [4.78, 5) is 38.3. The highest BCUT2D eigenvalue weighted by molar-refractivity contribution is 5.96. The molecule has 42 heavy (non-hydrogen) atoms. The van der Waals surface area contributed by atoms with Gasteiger partial charge in [-0.3, -0.25) is 9.55 Å². The van der Waals surface area contributed by atoms with Crippen LogP contribution < -0.4 is 10.6 Å². The van der Waals surface area contributed by atoms with Crippen molar-refractivity contribution in [3.63, 3.8) is 0 Å². The molecule has 0 spiro atoms. The van der Waals surface area contributed by atoms with Gasteiger partial charge < -0.3 is 14.9 Å². The van der Waals surface area contributed by atoms with Crippen molar-refractivity contribution in [2.75, 3.05) is 18.0 Å². The largest absolute Gasteiger partial charge is 0.465 e. The molecular formula is C32H33FN6O3. The Balaban J connectivity index is 1.89. The molecule has 0 radical (unpaired) electrons. The Hall–Kier alpha value is -4.78. The first-order chi connectivity index (χ1) is 19.9. The highest BCUT2D eigenvalue weighted by atomic mass is 19.1. The van der Waals surface area contributed by atoms with Crippen molar-refractivity contribution in [1.82, 2.24) is 19.4 Å². The standard InChI is InChI=1S/C32H33FN6O3/c1-17(2)28-29(19(4)9-10-35-28)39-27-13-23(24-11-18(3)7-8-26(24)33)22(14-34)12-25(27)30(36-31(39)40)37-15-21(6)38(32(41)42)16-20(37)5/h7-13,17,20-21H,15-16H2,1-6H3,(H,41,42)/t20-,21+/m0/s1. The number of hydrogen-bond donors (Lipinski definition) is 1. The van der Waals surface area contributed by atoms with Crippen molar-refractivity contribution in [3.8, 4) is 22.9 Å². The highest BCUT2D eigenvalue weighted by Gasteiger charge is 2.34. The highest BCUT2D eigenvalue weighted by Crippen LogP contribution is 2.37. The summed E-state index contributed by atoms with van der Waals surface area (Å²) in [6.45, 7) is 11.9. The third-order valence-corrected chi connectivity index (χ3v) is 7.97. The van der Waals surface area contributed by atoms with Gasteiger partial charge >= 0.3 is 11.8 Å². The average molecular weight is 569 g/mol. The van der Waals surface area contributed by atoms with Crippen molar-refractivity contribution < 1.29 is 14.3 Å². The molecule has 2 aromatic heterocycles. The van der Waals surface area contributed by atoms with Crippen molar-refractivity contribution in [2.45, 2.75) is 59.5 Å². The number of carboxylic acid groups (broad SMARTS) is 1. The normalized spacial score (nSPS) is 17.1. The SMILES string of the molecule is Cc1ccc(F)c(-c2cc3c(cc2C#N)c(N2C[C@@H](C)N(C(=O)O)C[C@@H]2C)nc(=O)n3-c2c(C)ccnc2C(C)C)c1. The Morgan fingerprint density at radius 3 is 2.50 bits per heavy atom. The molecule has 9 nitrogen and oxygen atoms in total. The maximum absolute atomic E-state index is 15.2. The number of hydrogen-bond acceptors (Lipinski definition) is 6. The van der Waals surface area contributed by atoms with Gasteiger partial charge in [0.05, 0.1) is 28.5 Å². The van der Waals surface area contributed by atoms with Crippen LogP contribution in [0, 0.1) is 31.0 Å². The van der Waals surface area contributed by atoms with Crippen molar-refractivity contribution >= 4 is 22.8 Å². The molecule has 0 aliphatic carbocycles. The summed E-state index contributed by atoms with van der Waals surface area (Å²) < 4.78 is 16.7. The number of fused-ring (bicyclic) bond motifs is 1. The maximum Gasteiger partial charge on any atom is 0.407 e. The van der Waals surface area contributed by atoms with Gasteiger partial charge in [0.15, 0.2) is 0 Å². The van der Waals surface area contributed by atoms with Crippen LogP contribution in [0.4, 0.5) is 15.0 Å². The van der Waals surface area contributed by atoms with E-state index >= 15 is 4.39 Å². The zero-order chi connectivity index (χ0) is 30.5. The molecule has 1 aliphatic heterocycles. The number of aryl methyl sites for hydroxylation is 2. The van der Waals surface area contributed by atoms with Gasteiger partial charge in [0, 0.05) is 47.9 Å². The molecule has 2 atom stereocenters. The van der Waals surface area contributed by atoms with E-state index in [4.69, 9.17) is 0 Å². The topological polar surface area (TPSA) is 115 Å². The molecule has 2 aromatic carbocycles. The Kier molecular flexibility index (Phi) is 7.45. The van der Waals surface area contributed by atoms with Crippen LogP contribution in [0.5, 0.6) is 0 Å². The predicted molar refractivity (Wildman–Crippen MR) is 160 cm³/mol. The lowest BCUT2D eigenvalue weighted by Gasteiger charge is -2.43. The third-order valence-electron chi connectivity index (χ3n) is 7.97. The first kappa shape index (κ1) is 28.7. The molecule has 1 amide bonds. The van der Waals surface area contributed by atoms with E-state index in [9.17, 15) is 20.0 Å².